The number of anilines is 1. The molecule has 10 heteroatoms. The van der Waals surface area contributed by atoms with Crippen LogP contribution in [0.3, 0.4) is 0 Å². The highest BCUT2D eigenvalue weighted by Gasteiger charge is 2.33. The number of nitrogens with one attached hydrogen (secondary N) is 1. The SMILES string of the molecule is CCCNC(=O)[C@@H](Cc1ccccc1)N(Cc1ccc(Br)cc1)C(=O)CN(c1cc(Cl)ccc1C)S(C)(=O)=O. The Morgan fingerprint density at radius 1 is 1.00 bits per heavy atom. The van der Waals surface area contributed by atoms with Gasteiger partial charge in [0.25, 0.3) is 0 Å². The van der Waals surface area contributed by atoms with Crippen molar-refractivity contribution in [2.75, 3.05) is 23.7 Å². The predicted octanol–water partition coefficient (Wildman–Crippen LogP) is 5.34. The van der Waals surface area contributed by atoms with Crippen LogP contribution in [-0.4, -0.2) is 50.5 Å². The third-order valence-corrected chi connectivity index (χ3v) is 8.10. The van der Waals surface area contributed by atoms with Crippen molar-refractivity contribution in [3.63, 3.8) is 0 Å². The molecule has 0 fully saturated rings. The minimum atomic E-state index is -3.86. The number of aryl methyl sites for hydroxylation is 1. The number of benzene rings is 3. The largest absolute Gasteiger partial charge is 0.354 e. The van der Waals surface area contributed by atoms with Crippen LogP contribution in [0.1, 0.15) is 30.0 Å². The minimum absolute atomic E-state index is 0.120. The van der Waals surface area contributed by atoms with Crippen molar-refractivity contribution in [2.45, 2.75) is 39.3 Å². The molecule has 0 spiro atoms. The molecule has 0 saturated carbocycles. The second-order valence-corrected chi connectivity index (χ2v) is 12.6. The van der Waals surface area contributed by atoms with E-state index in [0.717, 1.165) is 32.6 Å². The maximum Gasteiger partial charge on any atom is 0.244 e. The van der Waals surface area contributed by atoms with Crippen molar-refractivity contribution in [1.29, 1.82) is 0 Å². The number of rotatable bonds is 12. The first-order valence-corrected chi connectivity index (χ1v) is 15.6. The number of carbonyl (C=O) groups excluding carboxylic acids is 2. The average Bonchev–Trinajstić information content (AvgIpc) is 2.90. The molecule has 0 heterocycles. The zero-order valence-corrected chi connectivity index (χ0v) is 25.4. The van der Waals surface area contributed by atoms with E-state index in [2.05, 4.69) is 21.2 Å². The zero-order valence-electron chi connectivity index (χ0n) is 22.2. The Kier molecular flexibility index (Phi) is 11.0. The van der Waals surface area contributed by atoms with E-state index < -0.39 is 28.5 Å². The highest BCUT2D eigenvalue weighted by molar-refractivity contribution is 9.10. The molecular formula is C29H33BrClN3O4S. The van der Waals surface area contributed by atoms with Gasteiger partial charge in [-0.05, 0) is 54.3 Å². The molecule has 3 aromatic carbocycles. The molecule has 3 aromatic rings. The van der Waals surface area contributed by atoms with Crippen LogP contribution in [-0.2, 0) is 32.6 Å². The van der Waals surface area contributed by atoms with Crippen LogP contribution in [0, 0.1) is 6.92 Å². The van der Waals surface area contributed by atoms with Crippen LogP contribution in [0.25, 0.3) is 0 Å². The average molecular weight is 635 g/mol. The van der Waals surface area contributed by atoms with Gasteiger partial charge >= 0.3 is 0 Å². The van der Waals surface area contributed by atoms with E-state index in [1.165, 1.54) is 11.0 Å². The number of hydrogen-bond acceptors (Lipinski definition) is 4. The van der Waals surface area contributed by atoms with Crippen molar-refractivity contribution >= 4 is 55.1 Å². The maximum atomic E-state index is 14.0. The van der Waals surface area contributed by atoms with Crippen LogP contribution in [0.5, 0.6) is 0 Å². The maximum absolute atomic E-state index is 14.0. The fourth-order valence-electron chi connectivity index (χ4n) is 4.15. The monoisotopic (exact) mass is 633 g/mol. The summed E-state index contributed by atoms with van der Waals surface area (Å²) in [6, 6.07) is 20.9. The molecule has 7 nitrogen and oxygen atoms in total. The summed E-state index contributed by atoms with van der Waals surface area (Å²) in [4.78, 5) is 29.0. The predicted molar refractivity (Wildman–Crippen MR) is 160 cm³/mol. The van der Waals surface area contributed by atoms with Gasteiger partial charge in [-0.25, -0.2) is 8.42 Å². The molecule has 1 N–H and O–H groups in total. The second kappa shape index (κ2) is 14.0. The van der Waals surface area contributed by atoms with Gasteiger partial charge in [-0.2, -0.15) is 0 Å². The molecule has 208 valence electrons. The van der Waals surface area contributed by atoms with Gasteiger partial charge in [-0.15, -0.1) is 0 Å². The smallest absolute Gasteiger partial charge is 0.244 e. The van der Waals surface area contributed by atoms with Gasteiger partial charge in [0, 0.05) is 29.0 Å². The van der Waals surface area contributed by atoms with Gasteiger partial charge in [-0.3, -0.25) is 13.9 Å². The Bertz CT molecular complexity index is 1390. The molecule has 39 heavy (non-hydrogen) atoms. The Balaban J connectivity index is 2.06. The van der Waals surface area contributed by atoms with Gasteiger partial charge < -0.3 is 10.2 Å². The first kappa shape index (κ1) is 30.7. The fourth-order valence-corrected chi connectivity index (χ4v) is 5.48. The topological polar surface area (TPSA) is 86.8 Å². The van der Waals surface area contributed by atoms with Crippen LogP contribution >= 0.6 is 27.5 Å². The summed E-state index contributed by atoms with van der Waals surface area (Å²) < 4.78 is 27.8. The van der Waals surface area contributed by atoms with Crippen molar-refractivity contribution < 1.29 is 18.0 Å². The molecule has 0 aliphatic heterocycles. The molecule has 0 bridgehead atoms. The van der Waals surface area contributed by atoms with Crippen LogP contribution in [0.4, 0.5) is 5.69 Å². The van der Waals surface area contributed by atoms with Crippen molar-refractivity contribution in [3.8, 4) is 0 Å². The number of hydrogen-bond donors (Lipinski definition) is 1. The number of sulfonamides is 1. The lowest BCUT2D eigenvalue weighted by atomic mass is 10.0. The number of halogens is 2. The Morgan fingerprint density at radius 2 is 1.67 bits per heavy atom. The van der Waals surface area contributed by atoms with Gasteiger partial charge in [0.05, 0.1) is 11.9 Å². The Labute approximate surface area is 244 Å². The van der Waals surface area contributed by atoms with E-state index >= 15 is 0 Å². The van der Waals surface area contributed by atoms with Gasteiger partial charge in [0.1, 0.15) is 12.6 Å². The standard InChI is InChI=1S/C29H33BrClN3O4S/c1-4-16-32-29(36)27(17-22-8-6-5-7-9-22)33(19-23-11-13-24(30)14-12-23)28(35)20-34(39(3,37)38)26-18-25(31)15-10-21(26)2/h5-15,18,27H,4,16-17,19-20H2,1-3H3,(H,32,36)/t27-/m1/s1. The second-order valence-electron chi connectivity index (χ2n) is 9.35. The fraction of sp³-hybridized carbons (Fsp3) is 0.310. The van der Waals surface area contributed by atoms with E-state index in [1.54, 1.807) is 19.1 Å². The molecule has 2 amide bonds. The summed E-state index contributed by atoms with van der Waals surface area (Å²) in [5.41, 5.74) is 2.65. The number of nitrogens with zero attached hydrogens (tertiary/aromatic N) is 2. The lowest BCUT2D eigenvalue weighted by Gasteiger charge is -2.34. The van der Waals surface area contributed by atoms with E-state index in [4.69, 9.17) is 11.6 Å². The molecule has 0 saturated heterocycles. The van der Waals surface area contributed by atoms with Gasteiger partial charge in [0.2, 0.25) is 21.8 Å². The third kappa shape index (κ3) is 8.81. The van der Waals surface area contributed by atoms with E-state index in [9.17, 15) is 18.0 Å². The molecule has 0 unspecified atom stereocenters. The van der Waals surface area contributed by atoms with Crippen molar-refractivity contribution in [3.05, 3.63) is 99.0 Å². The Morgan fingerprint density at radius 3 is 2.28 bits per heavy atom. The number of amides is 2. The van der Waals surface area contributed by atoms with E-state index in [1.807, 2.05) is 61.5 Å². The van der Waals surface area contributed by atoms with E-state index in [-0.39, 0.29) is 18.9 Å². The summed E-state index contributed by atoms with van der Waals surface area (Å²) >= 11 is 9.62. The summed E-state index contributed by atoms with van der Waals surface area (Å²) in [6.07, 6.45) is 2.06. The Hall–Kier alpha value is -2.88. The minimum Gasteiger partial charge on any atom is -0.354 e. The van der Waals surface area contributed by atoms with Crippen molar-refractivity contribution in [2.24, 2.45) is 0 Å². The highest BCUT2D eigenvalue weighted by Crippen LogP contribution is 2.27. The van der Waals surface area contributed by atoms with Gasteiger partial charge in [-0.1, -0.05) is 83.0 Å². The summed E-state index contributed by atoms with van der Waals surface area (Å²) in [5, 5.41) is 3.28. The lowest BCUT2D eigenvalue weighted by molar-refractivity contribution is -0.140. The molecule has 3 rings (SSSR count). The summed E-state index contributed by atoms with van der Waals surface area (Å²) in [6.45, 7) is 3.80. The molecule has 0 aromatic heterocycles. The summed E-state index contributed by atoms with van der Waals surface area (Å²) in [7, 11) is -3.86. The molecule has 0 aliphatic carbocycles. The molecule has 0 aliphatic rings. The third-order valence-electron chi connectivity index (χ3n) is 6.21. The quantitative estimate of drug-likeness (QED) is 0.291. The van der Waals surface area contributed by atoms with Crippen LogP contribution in [0.2, 0.25) is 5.02 Å². The van der Waals surface area contributed by atoms with Crippen LogP contribution < -0.4 is 9.62 Å². The molecule has 1 atom stereocenters. The summed E-state index contributed by atoms with van der Waals surface area (Å²) in [5.74, 6) is -0.800. The lowest BCUT2D eigenvalue weighted by Crippen LogP contribution is -2.53. The van der Waals surface area contributed by atoms with Crippen LogP contribution in [0.15, 0.2) is 77.3 Å². The normalized spacial score (nSPS) is 12.0. The van der Waals surface area contributed by atoms with Gasteiger partial charge in [0.15, 0.2) is 0 Å². The highest BCUT2D eigenvalue weighted by atomic mass is 79.9. The van der Waals surface area contributed by atoms with Crippen molar-refractivity contribution in [1.82, 2.24) is 10.2 Å². The van der Waals surface area contributed by atoms with E-state index in [0.29, 0.717) is 22.8 Å². The number of carbonyl (C=O) groups is 2. The zero-order chi connectivity index (χ0) is 28.6. The molecular weight excluding hydrogens is 602 g/mol. The first-order chi connectivity index (χ1) is 18.5. The first-order valence-electron chi connectivity index (χ1n) is 12.6. The molecule has 0 radical (unpaired) electrons.